The van der Waals surface area contributed by atoms with Crippen LogP contribution in [0.25, 0.3) is 0 Å². The van der Waals surface area contributed by atoms with Gasteiger partial charge in [0, 0.05) is 12.6 Å². The Morgan fingerprint density at radius 2 is 1.96 bits per heavy atom. The van der Waals surface area contributed by atoms with Gasteiger partial charge in [0.15, 0.2) is 0 Å². The summed E-state index contributed by atoms with van der Waals surface area (Å²) in [5.74, 6) is 0.691. The molecule has 0 saturated heterocycles. The third-order valence-electron chi connectivity index (χ3n) is 3.71. The second kappa shape index (κ2) is 5.59. The van der Waals surface area contributed by atoms with Crippen LogP contribution in [-0.4, -0.2) is 21.4 Å². The third-order valence-corrected chi connectivity index (χ3v) is 4.98. The molecule has 8 heteroatoms. The van der Waals surface area contributed by atoms with E-state index in [0.29, 0.717) is 5.82 Å². The van der Waals surface area contributed by atoms with Gasteiger partial charge in [0.1, 0.15) is 5.82 Å². The summed E-state index contributed by atoms with van der Waals surface area (Å²) in [6.07, 6.45) is -4.36. The molecule has 122 valence electrons. The van der Waals surface area contributed by atoms with E-state index < -0.39 is 11.7 Å². The minimum Gasteiger partial charge on any atom is -0.310 e. The van der Waals surface area contributed by atoms with E-state index in [1.807, 2.05) is 6.92 Å². The molecule has 0 unspecified atom stereocenters. The van der Waals surface area contributed by atoms with Crippen molar-refractivity contribution in [2.75, 3.05) is 11.1 Å². The molecule has 1 aliphatic heterocycles. The number of aryl methyl sites for hydroxylation is 2. The number of thioether (sulfide) groups is 1. The summed E-state index contributed by atoms with van der Waals surface area (Å²) >= 11 is 1.38. The van der Waals surface area contributed by atoms with E-state index in [1.54, 1.807) is 11.7 Å². The smallest absolute Gasteiger partial charge is 0.310 e. The average Bonchev–Trinajstić information content (AvgIpc) is 2.66. The van der Waals surface area contributed by atoms with Crippen LogP contribution in [0.4, 0.5) is 19.0 Å². The molecule has 2 heterocycles. The molecule has 1 aliphatic rings. The van der Waals surface area contributed by atoms with Gasteiger partial charge in [-0.05, 0) is 24.6 Å². The zero-order chi connectivity index (χ0) is 16.8. The molecule has 0 spiro atoms. The number of alkyl halides is 3. The fraction of sp³-hybridized carbons (Fsp3) is 0.333. The van der Waals surface area contributed by atoms with Crippen LogP contribution in [0, 0.1) is 6.92 Å². The van der Waals surface area contributed by atoms with Gasteiger partial charge < -0.3 is 5.32 Å². The van der Waals surface area contributed by atoms with Crippen LogP contribution in [0.1, 0.15) is 27.6 Å². The highest BCUT2D eigenvalue weighted by molar-refractivity contribution is 8.00. The minimum absolute atomic E-state index is 0.145. The van der Waals surface area contributed by atoms with Crippen molar-refractivity contribution < 1.29 is 18.0 Å². The molecule has 1 aromatic heterocycles. The van der Waals surface area contributed by atoms with Gasteiger partial charge >= 0.3 is 6.18 Å². The van der Waals surface area contributed by atoms with Crippen molar-refractivity contribution in [3.63, 3.8) is 0 Å². The third kappa shape index (κ3) is 2.95. The Kier molecular flexibility index (Phi) is 3.87. The molecule has 3 rings (SSSR count). The molecule has 0 saturated carbocycles. The van der Waals surface area contributed by atoms with Gasteiger partial charge in [0.05, 0.1) is 22.3 Å². The monoisotopic (exact) mass is 341 g/mol. The number of carbonyl (C=O) groups is 1. The van der Waals surface area contributed by atoms with E-state index in [0.717, 1.165) is 29.0 Å². The number of halogens is 3. The predicted molar refractivity (Wildman–Crippen MR) is 82.3 cm³/mol. The number of hydrogen-bond donors (Lipinski definition) is 1. The van der Waals surface area contributed by atoms with Gasteiger partial charge in [-0.1, -0.05) is 12.1 Å². The Bertz CT molecular complexity index is 753. The minimum atomic E-state index is -4.36. The van der Waals surface area contributed by atoms with Crippen molar-refractivity contribution in [3.8, 4) is 0 Å². The number of nitrogens with one attached hydrogen (secondary N) is 1. The lowest BCUT2D eigenvalue weighted by Crippen LogP contribution is -2.15. The number of nitrogens with zero attached hydrogens (tertiary/aromatic N) is 2. The Morgan fingerprint density at radius 3 is 2.57 bits per heavy atom. The van der Waals surface area contributed by atoms with E-state index in [9.17, 15) is 18.0 Å². The topological polar surface area (TPSA) is 46.9 Å². The van der Waals surface area contributed by atoms with Crippen LogP contribution < -0.4 is 5.32 Å². The predicted octanol–water partition coefficient (Wildman–Crippen LogP) is 3.52. The summed E-state index contributed by atoms with van der Waals surface area (Å²) < 4.78 is 39.7. The van der Waals surface area contributed by atoms with E-state index in [-0.39, 0.29) is 16.9 Å². The lowest BCUT2D eigenvalue weighted by Gasteiger charge is -2.16. The van der Waals surface area contributed by atoms with Crippen molar-refractivity contribution >= 4 is 23.5 Å². The first-order chi connectivity index (χ1) is 10.8. The van der Waals surface area contributed by atoms with E-state index in [2.05, 4.69) is 10.4 Å². The molecule has 4 nitrogen and oxygen atoms in total. The summed E-state index contributed by atoms with van der Waals surface area (Å²) in [5, 5.41) is 6.88. The molecule has 1 aromatic carbocycles. The lowest BCUT2D eigenvalue weighted by molar-refractivity contribution is -0.137. The van der Waals surface area contributed by atoms with Crippen LogP contribution in [0.3, 0.4) is 0 Å². The molecule has 23 heavy (non-hydrogen) atoms. The number of hydrogen-bond acceptors (Lipinski definition) is 3. The Morgan fingerprint density at radius 1 is 1.30 bits per heavy atom. The van der Waals surface area contributed by atoms with Crippen LogP contribution in [-0.2, 0) is 18.0 Å². The fourth-order valence-electron chi connectivity index (χ4n) is 2.66. The number of amides is 1. The summed E-state index contributed by atoms with van der Waals surface area (Å²) in [7, 11) is 1.73. The molecule has 1 N–H and O–H groups in total. The quantitative estimate of drug-likeness (QED) is 0.863. The Labute approximate surface area is 135 Å². The van der Waals surface area contributed by atoms with Gasteiger partial charge in [-0.3, -0.25) is 9.48 Å². The maximum atomic E-state index is 12.7. The zero-order valence-electron chi connectivity index (χ0n) is 12.4. The maximum Gasteiger partial charge on any atom is 0.416 e. The fourth-order valence-corrected chi connectivity index (χ4v) is 3.85. The highest BCUT2D eigenvalue weighted by atomic mass is 32.2. The molecule has 2 aromatic rings. The van der Waals surface area contributed by atoms with E-state index in [1.165, 1.54) is 23.9 Å². The highest BCUT2D eigenvalue weighted by Gasteiger charge is 2.32. The molecule has 0 aliphatic carbocycles. The van der Waals surface area contributed by atoms with Gasteiger partial charge in [-0.25, -0.2) is 0 Å². The number of carbonyl (C=O) groups excluding carboxylic acids is 1. The first-order valence-corrected chi connectivity index (χ1v) is 7.94. The van der Waals surface area contributed by atoms with Crippen molar-refractivity contribution in [1.29, 1.82) is 0 Å². The van der Waals surface area contributed by atoms with Crippen molar-refractivity contribution in [2.45, 2.75) is 18.3 Å². The van der Waals surface area contributed by atoms with Crippen molar-refractivity contribution in [1.82, 2.24) is 9.78 Å². The van der Waals surface area contributed by atoms with Gasteiger partial charge in [0.25, 0.3) is 0 Å². The highest BCUT2D eigenvalue weighted by Crippen LogP contribution is 2.43. The van der Waals surface area contributed by atoms with Crippen LogP contribution in [0.2, 0.25) is 0 Å². The SMILES string of the molecule is Cc1nn(C)c2c1[C@H](c1ccc(C(F)(F)F)cc1)SCC(=O)N2. The zero-order valence-corrected chi connectivity index (χ0v) is 13.3. The molecule has 0 bridgehead atoms. The Balaban J connectivity index is 2.05. The summed E-state index contributed by atoms with van der Waals surface area (Å²) in [6, 6.07) is 5.07. The standard InChI is InChI=1S/C15H14F3N3OS/c1-8-12-13(9-3-5-10(6-4-9)15(16,17)18)23-7-11(22)19-14(12)21(2)20-8/h3-6,13H,7H2,1-2H3,(H,19,22)/t13-/m0/s1. The van der Waals surface area contributed by atoms with Gasteiger partial charge in [0.2, 0.25) is 5.91 Å². The Hall–Kier alpha value is -1.96. The number of fused-ring (bicyclic) bond motifs is 1. The van der Waals surface area contributed by atoms with Crippen LogP contribution >= 0.6 is 11.8 Å². The molecule has 1 amide bonds. The average molecular weight is 341 g/mol. The second-order valence-electron chi connectivity index (χ2n) is 5.33. The number of anilines is 1. The van der Waals surface area contributed by atoms with Crippen molar-refractivity contribution in [2.24, 2.45) is 7.05 Å². The summed E-state index contributed by atoms with van der Waals surface area (Å²) in [4.78, 5) is 11.8. The second-order valence-corrected chi connectivity index (χ2v) is 6.42. The summed E-state index contributed by atoms with van der Waals surface area (Å²) in [5.41, 5.74) is 1.62. The van der Waals surface area contributed by atoms with Crippen LogP contribution in [0.15, 0.2) is 24.3 Å². The van der Waals surface area contributed by atoms with Gasteiger partial charge in [-0.15, -0.1) is 11.8 Å². The lowest BCUT2D eigenvalue weighted by atomic mass is 10.0. The molecule has 0 fully saturated rings. The number of aromatic nitrogens is 2. The largest absolute Gasteiger partial charge is 0.416 e. The molecular weight excluding hydrogens is 327 g/mol. The molecular formula is C15H14F3N3OS. The molecule has 0 radical (unpaired) electrons. The summed E-state index contributed by atoms with van der Waals surface area (Å²) in [6.45, 7) is 1.83. The first-order valence-electron chi connectivity index (χ1n) is 6.89. The number of benzene rings is 1. The van der Waals surface area contributed by atoms with Crippen LogP contribution in [0.5, 0.6) is 0 Å². The van der Waals surface area contributed by atoms with E-state index >= 15 is 0 Å². The van der Waals surface area contributed by atoms with Gasteiger partial charge in [-0.2, -0.15) is 18.3 Å². The normalized spacial score (nSPS) is 18.3. The first kappa shape index (κ1) is 15.9. The van der Waals surface area contributed by atoms with E-state index in [4.69, 9.17) is 0 Å². The van der Waals surface area contributed by atoms with Crippen molar-refractivity contribution in [3.05, 3.63) is 46.6 Å². The maximum absolute atomic E-state index is 12.7. The number of rotatable bonds is 1. The molecule has 1 atom stereocenters.